The van der Waals surface area contributed by atoms with Crippen molar-refractivity contribution in [3.05, 3.63) is 21.8 Å². The van der Waals surface area contributed by atoms with E-state index in [4.69, 9.17) is 11.6 Å². The maximum atomic E-state index is 6.17. The van der Waals surface area contributed by atoms with E-state index in [0.29, 0.717) is 6.04 Å². The number of pyridine rings is 1. The van der Waals surface area contributed by atoms with Gasteiger partial charge in [-0.05, 0) is 34.8 Å². The van der Waals surface area contributed by atoms with Crippen LogP contribution in [0.1, 0.15) is 25.7 Å². The van der Waals surface area contributed by atoms with Crippen LogP contribution in [0.2, 0.25) is 5.02 Å². The zero-order valence-electron chi connectivity index (χ0n) is 8.71. The lowest BCUT2D eigenvalue weighted by Gasteiger charge is -2.26. The Hall–Kier alpha value is -0.280. The van der Waals surface area contributed by atoms with Crippen molar-refractivity contribution in [1.29, 1.82) is 0 Å². The highest BCUT2D eigenvalue weighted by atomic mass is 79.9. The molecule has 0 spiro atoms. The monoisotopic (exact) mass is 288 g/mol. The van der Waals surface area contributed by atoms with Gasteiger partial charge in [-0.3, -0.25) is 0 Å². The molecule has 15 heavy (non-hydrogen) atoms. The van der Waals surface area contributed by atoms with Crippen LogP contribution in [-0.2, 0) is 0 Å². The van der Waals surface area contributed by atoms with Crippen molar-refractivity contribution in [2.24, 2.45) is 0 Å². The molecule has 0 bridgehead atoms. The Bertz CT molecular complexity index is 350. The fourth-order valence-electron chi connectivity index (χ4n) is 2.13. The van der Waals surface area contributed by atoms with Gasteiger partial charge in [-0.2, -0.15) is 0 Å². The molecule has 0 unspecified atom stereocenters. The van der Waals surface area contributed by atoms with Gasteiger partial charge in [0.05, 0.1) is 5.02 Å². The van der Waals surface area contributed by atoms with Gasteiger partial charge in [0.1, 0.15) is 5.82 Å². The summed E-state index contributed by atoms with van der Waals surface area (Å²) >= 11 is 9.53. The molecule has 1 aromatic rings. The van der Waals surface area contributed by atoms with E-state index in [9.17, 15) is 0 Å². The fraction of sp³-hybridized carbons (Fsp3) is 0.545. The van der Waals surface area contributed by atoms with Gasteiger partial charge < -0.3 is 4.90 Å². The average Bonchev–Trinajstić information content (AvgIpc) is 2.69. The van der Waals surface area contributed by atoms with Gasteiger partial charge in [0.25, 0.3) is 0 Å². The van der Waals surface area contributed by atoms with Gasteiger partial charge >= 0.3 is 0 Å². The number of rotatable bonds is 2. The van der Waals surface area contributed by atoms with Crippen LogP contribution < -0.4 is 4.90 Å². The minimum absolute atomic E-state index is 0.608. The molecule has 0 radical (unpaired) electrons. The molecule has 1 saturated carbocycles. The Labute approximate surface area is 104 Å². The van der Waals surface area contributed by atoms with Crippen LogP contribution >= 0.6 is 27.5 Å². The number of halogens is 2. The smallest absolute Gasteiger partial charge is 0.147 e. The Kier molecular flexibility index (Phi) is 3.52. The second-order valence-electron chi connectivity index (χ2n) is 4.01. The Morgan fingerprint density at radius 2 is 2.13 bits per heavy atom. The predicted octanol–water partition coefficient (Wildman–Crippen LogP) is 3.88. The molecule has 1 aliphatic rings. The SMILES string of the molecule is CN(c1ncc(Br)cc1Cl)C1CCCC1. The standard InChI is InChI=1S/C11H14BrClN2/c1-15(9-4-2-3-5-9)11-10(13)6-8(12)7-14-11/h6-7,9H,2-5H2,1H3. The molecule has 1 aromatic heterocycles. The van der Waals surface area contributed by atoms with Gasteiger partial charge in [0.15, 0.2) is 0 Å². The topological polar surface area (TPSA) is 16.1 Å². The summed E-state index contributed by atoms with van der Waals surface area (Å²) in [7, 11) is 2.08. The highest BCUT2D eigenvalue weighted by molar-refractivity contribution is 9.10. The first kappa shape index (κ1) is 11.2. The minimum Gasteiger partial charge on any atom is -0.355 e. The van der Waals surface area contributed by atoms with Crippen molar-refractivity contribution < 1.29 is 0 Å². The zero-order chi connectivity index (χ0) is 10.8. The van der Waals surface area contributed by atoms with Gasteiger partial charge in [0, 0.05) is 23.8 Å². The lowest BCUT2D eigenvalue weighted by atomic mass is 10.2. The van der Waals surface area contributed by atoms with Crippen molar-refractivity contribution in [2.45, 2.75) is 31.7 Å². The summed E-state index contributed by atoms with van der Waals surface area (Å²) in [4.78, 5) is 6.58. The molecule has 0 aliphatic heterocycles. The second-order valence-corrected chi connectivity index (χ2v) is 5.33. The Balaban J connectivity index is 2.20. The minimum atomic E-state index is 0.608. The van der Waals surface area contributed by atoms with Gasteiger partial charge in [-0.15, -0.1) is 0 Å². The molecule has 0 aromatic carbocycles. The molecule has 0 amide bonds. The first-order valence-electron chi connectivity index (χ1n) is 5.22. The summed E-state index contributed by atoms with van der Waals surface area (Å²) in [5.41, 5.74) is 0. The molecule has 82 valence electrons. The molecule has 1 heterocycles. The van der Waals surface area contributed by atoms with Crippen LogP contribution in [0.15, 0.2) is 16.7 Å². The first-order chi connectivity index (χ1) is 7.18. The van der Waals surface area contributed by atoms with E-state index >= 15 is 0 Å². The Morgan fingerprint density at radius 3 is 2.73 bits per heavy atom. The highest BCUT2D eigenvalue weighted by Gasteiger charge is 2.22. The average molecular weight is 290 g/mol. The molecular formula is C11H14BrClN2. The third-order valence-corrected chi connectivity index (χ3v) is 3.71. The number of hydrogen-bond acceptors (Lipinski definition) is 2. The highest BCUT2D eigenvalue weighted by Crippen LogP contribution is 2.31. The quantitative estimate of drug-likeness (QED) is 0.821. The number of aromatic nitrogens is 1. The van der Waals surface area contributed by atoms with E-state index in [1.807, 2.05) is 6.07 Å². The van der Waals surface area contributed by atoms with Crippen LogP contribution in [0, 0.1) is 0 Å². The molecule has 0 saturated heterocycles. The summed E-state index contributed by atoms with van der Waals surface area (Å²) in [5, 5.41) is 0.721. The summed E-state index contributed by atoms with van der Waals surface area (Å²) in [6, 6.07) is 2.51. The molecular weight excluding hydrogens is 275 g/mol. The molecule has 1 fully saturated rings. The third kappa shape index (κ3) is 2.45. The molecule has 4 heteroatoms. The van der Waals surface area contributed by atoms with E-state index in [1.165, 1.54) is 25.7 Å². The third-order valence-electron chi connectivity index (χ3n) is 2.99. The van der Waals surface area contributed by atoms with E-state index in [-0.39, 0.29) is 0 Å². The van der Waals surface area contributed by atoms with E-state index in [1.54, 1.807) is 6.20 Å². The maximum Gasteiger partial charge on any atom is 0.147 e. The normalized spacial score (nSPS) is 17.0. The van der Waals surface area contributed by atoms with Crippen molar-refractivity contribution in [1.82, 2.24) is 4.98 Å². The predicted molar refractivity (Wildman–Crippen MR) is 67.6 cm³/mol. The van der Waals surface area contributed by atoms with Gasteiger partial charge in [-0.25, -0.2) is 4.98 Å². The van der Waals surface area contributed by atoms with E-state index in [2.05, 4.69) is 32.9 Å². The van der Waals surface area contributed by atoms with Gasteiger partial charge in [0.2, 0.25) is 0 Å². The summed E-state index contributed by atoms with van der Waals surface area (Å²) < 4.78 is 0.927. The second kappa shape index (κ2) is 4.71. The number of anilines is 1. The first-order valence-corrected chi connectivity index (χ1v) is 6.39. The van der Waals surface area contributed by atoms with Crippen molar-refractivity contribution in [2.75, 3.05) is 11.9 Å². The van der Waals surface area contributed by atoms with E-state index < -0.39 is 0 Å². The fourth-order valence-corrected chi connectivity index (χ4v) is 2.89. The van der Waals surface area contributed by atoms with E-state index in [0.717, 1.165) is 15.3 Å². The van der Waals surface area contributed by atoms with Crippen molar-refractivity contribution in [3.63, 3.8) is 0 Å². The molecule has 0 N–H and O–H groups in total. The zero-order valence-corrected chi connectivity index (χ0v) is 11.1. The molecule has 1 aliphatic carbocycles. The molecule has 2 rings (SSSR count). The number of hydrogen-bond donors (Lipinski definition) is 0. The van der Waals surface area contributed by atoms with Crippen molar-refractivity contribution >= 4 is 33.3 Å². The largest absolute Gasteiger partial charge is 0.355 e. The van der Waals surface area contributed by atoms with Crippen molar-refractivity contribution in [3.8, 4) is 0 Å². The lowest BCUT2D eigenvalue weighted by Crippen LogP contribution is -2.29. The van der Waals surface area contributed by atoms with Crippen LogP contribution in [0.5, 0.6) is 0 Å². The summed E-state index contributed by atoms with van der Waals surface area (Å²) in [6.45, 7) is 0. The summed E-state index contributed by atoms with van der Waals surface area (Å²) in [5.74, 6) is 0.895. The number of nitrogens with zero attached hydrogens (tertiary/aromatic N) is 2. The maximum absolute atomic E-state index is 6.17. The Morgan fingerprint density at radius 1 is 1.47 bits per heavy atom. The van der Waals surface area contributed by atoms with Gasteiger partial charge in [-0.1, -0.05) is 24.4 Å². The van der Waals surface area contributed by atoms with Crippen LogP contribution in [0.25, 0.3) is 0 Å². The lowest BCUT2D eigenvalue weighted by molar-refractivity contribution is 0.646. The molecule has 2 nitrogen and oxygen atoms in total. The van der Waals surface area contributed by atoms with Crippen LogP contribution in [0.3, 0.4) is 0 Å². The van der Waals surface area contributed by atoms with Crippen LogP contribution in [0.4, 0.5) is 5.82 Å². The van der Waals surface area contributed by atoms with Crippen LogP contribution in [-0.4, -0.2) is 18.1 Å². The summed E-state index contributed by atoms with van der Waals surface area (Å²) in [6.07, 6.45) is 6.95. The molecule has 0 atom stereocenters.